The first-order valence-electron chi connectivity index (χ1n) is 14.1. The molecule has 1 aliphatic rings. The molecular formula is C29H55N3O3. The second-order valence-electron chi connectivity index (χ2n) is 12.2. The quantitative estimate of drug-likeness (QED) is 0.314. The first-order valence-corrected chi connectivity index (χ1v) is 14.1. The Labute approximate surface area is 216 Å². The van der Waals surface area contributed by atoms with Gasteiger partial charge in [0.15, 0.2) is 5.78 Å². The summed E-state index contributed by atoms with van der Waals surface area (Å²) in [7, 11) is 0. The SMILES string of the molecule is CC(CCC(C)N1CCN(CC(=O)C(C)C)C[C@H]1C(=O)C(C)C)CCN(CC(=O)C(C)C)C(C)C. The van der Waals surface area contributed by atoms with Crippen molar-refractivity contribution in [3.8, 4) is 0 Å². The molecule has 1 saturated heterocycles. The zero-order valence-corrected chi connectivity index (χ0v) is 24.5. The summed E-state index contributed by atoms with van der Waals surface area (Å²) in [5, 5.41) is 0. The fourth-order valence-electron chi connectivity index (χ4n) is 4.69. The lowest BCUT2D eigenvalue weighted by Gasteiger charge is -2.44. The van der Waals surface area contributed by atoms with Crippen LogP contribution >= 0.6 is 0 Å². The highest BCUT2D eigenvalue weighted by Crippen LogP contribution is 2.22. The summed E-state index contributed by atoms with van der Waals surface area (Å²) in [6, 6.07) is 0.565. The summed E-state index contributed by atoms with van der Waals surface area (Å²) in [5.74, 6) is 1.52. The molecule has 0 amide bonds. The monoisotopic (exact) mass is 493 g/mol. The number of Topliss-reactive ketones (excluding diaryl/α,β-unsaturated/α-hetero) is 3. The first-order chi connectivity index (χ1) is 16.2. The number of rotatable bonds is 16. The van der Waals surface area contributed by atoms with Crippen LogP contribution in [0.2, 0.25) is 0 Å². The van der Waals surface area contributed by atoms with E-state index >= 15 is 0 Å². The van der Waals surface area contributed by atoms with E-state index < -0.39 is 0 Å². The van der Waals surface area contributed by atoms with Gasteiger partial charge in [-0.25, -0.2) is 0 Å². The first kappa shape index (κ1) is 31.9. The van der Waals surface area contributed by atoms with Crippen molar-refractivity contribution < 1.29 is 14.4 Å². The number of piperazine rings is 1. The highest BCUT2D eigenvalue weighted by atomic mass is 16.1. The Bertz CT molecular complexity index is 674. The lowest BCUT2D eigenvalue weighted by molar-refractivity contribution is -0.133. The molecule has 1 aliphatic heterocycles. The lowest BCUT2D eigenvalue weighted by atomic mass is 9.93. The van der Waals surface area contributed by atoms with Crippen molar-refractivity contribution in [1.29, 1.82) is 0 Å². The second kappa shape index (κ2) is 15.2. The number of carbonyl (C=O) groups excluding carboxylic acids is 3. The number of carbonyl (C=O) groups is 3. The Morgan fingerprint density at radius 2 is 1.37 bits per heavy atom. The summed E-state index contributed by atoms with van der Waals surface area (Å²) in [6.07, 6.45) is 3.25. The Balaban J connectivity index is 2.67. The highest BCUT2D eigenvalue weighted by molar-refractivity contribution is 5.86. The molecule has 1 heterocycles. The largest absolute Gasteiger partial charge is 0.298 e. The number of nitrogens with zero attached hydrogens (tertiary/aromatic N) is 3. The molecule has 0 radical (unpaired) electrons. The minimum Gasteiger partial charge on any atom is -0.298 e. The van der Waals surface area contributed by atoms with Crippen LogP contribution in [0.15, 0.2) is 0 Å². The van der Waals surface area contributed by atoms with Crippen molar-refractivity contribution in [3.63, 3.8) is 0 Å². The van der Waals surface area contributed by atoms with E-state index in [-0.39, 0.29) is 35.4 Å². The Hall–Kier alpha value is -1.11. The molecule has 0 aromatic carbocycles. The van der Waals surface area contributed by atoms with E-state index in [0.29, 0.717) is 43.4 Å². The van der Waals surface area contributed by atoms with Gasteiger partial charge < -0.3 is 0 Å². The van der Waals surface area contributed by atoms with E-state index in [2.05, 4.69) is 42.4 Å². The molecule has 0 aliphatic carbocycles. The molecule has 1 fully saturated rings. The Morgan fingerprint density at radius 1 is 0.771 bits per heavy atom. The van der Waals surface area contributed by atoms with Crippen LogP contribution in [0.4, 0.5) is 0 Å². The Morgan fingerprint density at radius 3 is 1.89 bits per heavy atom. The molecule has 1 rings (SSSR count). The molecule has 0 aromatic heterocycles. The third kappa shape index (κ3) is 10.8. The number of ketones is 3. The molecule has 204 valence electrons. The molecule has 0 saturated carbocycles. The Kier molecular flexibility index (Phi) is 13.9. The average molecular weight is 494 g/mol. The fraction of sp³-hybridized carbons (Fsp3) is 0.897. The van der Waals surface area contributed by atoms with E-state index in [1.165, 1.54) is 0 Å². The molecule has 0 spiro atoms. The van der Waals surface area contributed by atoms with Crippen LogP contribution in [0.1, 0.15) is 88.5 Å². The number of hydrogen-bond donors (Lipinski definition) is 0. The molecule has 0 aromatic rings. The summed E-state index contributed by atoms with van der Waals surface area (Å²) in [6.45, 7) is 25.0. The van der Waals surface area contributed by atoms with Crippen LogP contribution in [-0.2, 0) is 14.4 Å². The van der Waals surface area contributed by atoms with Gasteiger partial charge in [-0.2, -0.15) is 0 Å². The maximum Gasteiger partial charge on any atom is 0.153 e. The van der Waals surface area contributed by atoms with Crippen molar-refractivity contribution in [2.24, 2.45) is 23.7 Å². The summed E-state index contributed by atoms with van der Waals surface area (Å²) < 4.78 is 0. The lowest BCUT2D eigenvalue weighted by Crippen LogP contribution is -2.60. The van der Waals surface area contributed by atoms with Gasteiger partial charge in [0.05, 0.1) is 19.1 Å². The van der Waals surface area contributed by atoms with Crippen LogP contribution in [0.25, 0.3) is 0 Å². The maximum atomic E-state index is 13.1. The summed E-state index contributed by atoms with van der Waals surface area (Å²) in [5.41, 5.74) is 0. The molecule has 6 nitrogen and oxygen atoms in total. The van der Waals surface area contributed by atoms with E-state index in [1.807, 2.05) is 41.5 Å². The van der Waals surface area contributed by atoms with Gasteiger partial charge in [0.1, 0.15) is 11.6 Å². The zero-order valence-electron chi connectivity index (χ0n) is 24.5. The van der Waals surface area contributed by atoms with Crippen molar-refractivity contribution in [3.05, 3.63) is 0 Å². The smallest absolute Gasteiger partial charge is 0.153 e. The van der Waals surface area contributed by atoms with Gasteiger partial charge in [0.2, 0.25) is 0 Å². The molecule has 3 atom stereocenters. The van der Waals surface area contributed by atoms with Gasteiger partial charge in [-0.05, 0) is 52.5 Å². The van der Waals surface area contributed by atoms with Crippen LogP contribution in [0.3, 0.4) is 0 Å². The predicted octanol–water partition coefficient (Wildman–Crippen LogP) is 4.55. The van der Waals surface area contributed by atoms with Gasteiger partial charge in [-0.15, -0.1) is 0 Å². The summed E-state index contributed by atoms with van der Waals surface area (Å²) >= 11 is 0. The fourth-order valence-corrected chi connectivity index (χ4v) is 4.69. The van der Waals surface area contributed by atoms with E-state index in [9.17, 15) is 14.4 Å². The van der Waals surface area contributed by atoms with E-state index in [0.717, 1.165) is 38.9 Å². The third-order valence-electron chi connectivity index (χ3n) is 7.71. The van der Waals surface area contributed by atoms with Crippen molar-refractivity contribution >= 4 is 17.3 Å². The molecular weight excluding hydrogens is 438 g/mol. The summed E-state index contributed by atoms with van der Waals surface area (Å²) in [4.78, 5) is 44.5. The highest BCUT2D eigenvalue weighted by Gasteiger charge is 2.36. The van der Waals surface area contributed by atoms with Gasteiger partial charge in [0.25, 0.3) is 0 Å². The normalized spacial score (nSPS) is 19.8. The van der Waals surface area contributed by atoms with Crippen molar-refractivity contribution in [2.45, 2.75) is 107 Å². The minimum atomic E-state index is -0.132. The molecule has 35 heavy (non-hydrogen) atoms. The van der Waals surface area contributed by atoms with Gasteiger partial charge in [0, 0.05) is 49.5 Å². The standard InChI is InChI=1S/C29H55N3O3/c1-20(2)27(33)18-30-15-16-32(26(17-30)29(35)22(5)6)25(10)12-11-24(9)13-14-31(23(7)8)19-28(34)21(3)4/h20-26H,11-19H2,1-10H3/t24?,25?,26-/m0/s1. The minimum absolute atomic E-state index is 0.00931. The average Bonchev–Trinajstić information content (AvgIpc) is 2.78. The van der Waals surface area contributed by atoms with Gasteiger partial charge >= 0.3 is 0 Å². The third-order valence-corrected chi connectivity index (χ3v) is 7.71. The van der Waals surface area contributed by atoms with E-state index in [1.54, 1.807) is 0 Å². The van der Waals surface area contributed by atoms with Crippen molar-refractivity contribution in [1.82, 2.24) is 14.7 Å². The second-order valence-corrected chi connectivity index (χ2v) is 12.2. The number of hydrogen-bond acceptors (Lipinski definition) is 6. The molecule has 2 unspecified atom stereocenters. The van der Waals surface area contributed by atoms with Crippen LogP contribution in [-0.4, -0.2) is 89.4 Å². The van der Waals surface area contributed by atoms with Crippen molar-refractivity contribution in [2.75, 3.05) is 39.3 Å². The molecule has 6 heteroatoms. The molecule has 0 N–H and O–H groups in total. The van der Waals surface area contributed by atoms with Crippen LogP contribution in [0, 0.1) is 23.7 Å². The van der Waals surface area contributed by atoms with Gasteiger partial charge in [-0.1, -0.05) is 48.5 Å². The maximum absolute atomic E-state index is 13.1. The van der Waals surface area contributed by atoms with E-state index in [4.69, 9.17) is 0 Å². The van der Waals surface area contributed by atoms with Gasteiger partial charge in [-0.3, -0.25) is 29.1 Å². The zero-order chi connectivity index (χ0) is 26.9. The van der Waals surface area contributed by atoms with Crippen LogP contribution < -0.4 is 0 Å². The topological polar surface area (TPSA) is 60.9 Å². The predicted molar refractivity (Wildman–Crippen MR) is 146 cm³/mol. The molecule has 0 bridgehead atoms. The van der Waals surface area contributed by atoms with Crippen LogP contribution in [0.5, 0.6) is 0 Å².